The molecule has 0 spiro atoms. The van der Waals surface area contributed by atoms with Gasteiger partial charge in [0.05, 0.1) is 12.7 Å². The van der Waals surface area contributed by atoms with Gasteiger partial charge in [-0.1, -0.05) is 12.1 Å². The summed E-state index contributed by atoms with van der Waals surface area (Å²) in [5.41, 5.74) is 1.87. The van der Waals surface area contributed by atoms with Crippen LogP contribution in [0.1, 0.15) is 15.9 Å². The summed E-state index contributed by atoms with van der Waals surface area (Å²) in [6.07, 6.45) is -4.16. The predicted octanol–water partition coefficient (Wildman–Crippen LogP) is 1.30. The van der Waals surface area contributed by atoms with Crippen molar-refractivity contribution in [2.45, 2.75) is 18.6 Å². The quantitative estimate of drug-likeness (QED) is 0.801. The van der Waals surface area contributed by atoms with Crippen LogP contribution in [0.2, 0.25) is 0 Å². The van der Waals surface area contributed by atoms with Crippen LogP contribution < -0.4 is 10.1 Å². The lowest BCUT2D eigenvalue weighted by molar-refractivity contribution is -0.192. The standard InChI is InChI=1S/C13H16N2O2.C2HF3O2/c1-17-11-4-2-3-9-7-10-8-14-5-6-15(10)13(16)12(9)11;3-2(4,5)1(6)7/h2-4,10,14H,5-8H2,1H3;(H,6,7)/t10-;/m1./s1. The number of fused-ring (bicyclic) bond motifs is 2. The highest BCUT2D eigenvalue weighted by Crippen LogP contribution is 2.30. The molecule has 1 fully saturated rings. The number of alkyl halides is 3. The monoisotopic (exact) mass is 346 g/mol. The number of amides is 1. The summed E-state index contributed by atoms with van der Waals surface area (Å²) in [7, 11) is 1.62. The van der Waals surface area contributed by atoms with Gasteiger partial charge in [0.2, 0.25) is 0 Å². The number of carbonyl (C=O) groups is 2. The minimum absolute atomic E-state index is 0.121. The van der Waals surface area contributed by atoms with Gasteiger partial charge in [-0.3, -0.25) is 4.79 Å². The zero-order valence-electron chi connectivity index (χ0n) is 12.9. The fourth-order valence-corrected chi connectivity index (χ4v) is 2.77. The van der Waals surface area contributed by atoms with Crippen LogP contribution in [0.5, 0.6) is 5.75 Å². The molecule has 2 aliphatic heterocycles. The predicted molar refractivity (Wildman–Crippen MR) is 78.1 cm³/mol. The average molecular weight is 346 g/mol. The summed E-state index contributed by atoms with van der Waals surface area (Å²) < 4.78 is 37.0. The third kappa shape index (κ3) is 3.78. The van der Waals surface area contributed by atoms with Gasteiger partial charge in [-0.25, -0.2) is 4.79 Å². The van der Waals surface area contributed by atoms with Crippen LogP contribution in [0.3, 0.4) is 0 Å². The molecule has 0 radical (unpaired) electrons. The van der Waals surface area contributed by atoms with E-state index in [1.807, 2.05) is 23.1 Å². The van der Waals surface area contributed by atoms with Gasteiger partial charge in [-0.15, -0.1) is 0 Å². The molecule has 3 rings (SSSR count). The van der Waals surface area contributed by atoms with E-state index < -0.39 is 12.1 Å². The molecule has 2 heterocycles. The van der Waals surface area contributed by atoms with E-state index in [2.05, 4.69) is 5.32 Å². The number of halogens is 3. The molecule has 0 aromatic heterocycles. The number of piperazine rings is 1. The Morgan fingerprint density at radius 3 is 2.67 bits per heavy atom. The average Bonchev–Trinajstić information content (AvgIpc) is 2.54. The van der Waals surface area contributed by atoms with E-state index in [0.717, 1.165) is 37.2 Å². The number of rotatable bonds is 1. The van der Waals surface area contributed by atoms with Gasteiger partial charge in [0.15, 0.2) is 0 Å². The van der Waals surface area contributed by atoms with Gasteiger partial charge in [0.1, 0.15) is 5.75 Å². The second-order valence-corrected chi connectivity index (χ2v) is 5.36. The van der Waals surface area contributed by atoms with Gasteiger partial charge in [-0.05, 0) is 18.1 Å². The molecule has 0 aliphatic carbocycles. The molecule has 0 bridgehead atoms. The van der Waals surface area contributed by atoms with Crippen LogP contribution in [-0.4, -0.2) is 60.8 Å². The Hall–Kier alpha value is -2.29. The molecule has 1 aromatic carbocycles. The summed E-state index contributed by atoms with van der Waals surface area (Å²) in [5.74, 6) is -1.94. The summed E-state index contributed by atoms with van der Waals surface area (Å²) in [5, 5.41) is 10.5. The molecule has 1 atom stereocenters. The summed E-state index contributed by atoms with van der Waals surface area (Å²) >= 11 is 0. The van der Waals surface area contributed by atoms with Gasteiger partial charge in [0.25, 0.3) is 5.91 Å². The van der Waals surface area contributed by atoms with E-state index in [9.17, 15) is 18.0 Å². The van der Waals surface area contributed by atoms with Crippen molar-refractivity contribution in [2.75, 3.05) is 26.7 Å². The number of carboxylic acids is 1. The molecule has 24 heavy (non-hydrogen) atoms. The second-order valence-electron chi connectivity index (χ2n) is 5.36. The van der Waals surface area contributed by atoms with Crippen LogP contribution in [0.4, 0.5) is 13.2 Å². The maximum atomic E-state index is 12.4. The number of hydrogen-bond donors (Lipinski definition) is 2. The third-order valence-corrected chi connectivity index (χ3v) is 3.86. The highest BCUT2D eigenvalue weighted by molar-refractivity contribution is 5.99. The number of nitrogens with zero attached hydrogens (tertiary/aromatic N) is 1. The Kier molecular flexibility index (Phi) is 5.33. The molecular weight excluding hydrogens is 329 g/mol. The molecule has 0 unspecified atom stereocenters. The molecule has 9 heteroatoms. The molecule has 0 saturated carbocycles. The van der Waals surface area contributed by atoms with E-state index in [1.165, 1.54) is 0 Å². The van der Waals surface area contributed by atoms with Crippen molar-refractivity contribution >= 4 is 11.9 Å². The Balaban J connectivity index is 0.000000256. The van der Waals surface area contributed by atoms with Crippen molar-refractivity contribution in [3.63, 3.8) is 0 Å². The van der Waals surface area contributed by atoms with Gasteiger partial charge >= 0.3 is 12.1 Å². The first kappa shape index (κ1) is 18.1. The van der Waals surface area contributed by atoms with E-state index in [1.54, 1.807) is 7.11 Å². The SMILES string of the molecule is COc1cccc2c1C(=O)N1CCNC[C@H]1C2.O=C(O)C(F)(F)F. The Labute approximate surface area is 136 Å². The molecule has 1 aromatic rings. The zero-order valence-corrected chi connectivity index (χ0v) is 12.9. The molecule has 2 aliphatic rings. The molecule has 1 amide bonds. The normalized spacial score (nSPS) is 19.6. The third-order valence-electron chi connectivity index (χ3n) is 3.86. The largest absolute Gasteiger partial charge is 0.496 e. The highest BCUT2D eigenvalue weighted by atomic mass is 19.4. The lowest BCUT2D eigenvalue weighted by Gasteiger charge is -2.40. The molecule has 2 N–H and O–H groups in total. The molecule has 6 nitrogen and oxygen atoms in total. The van der Waals surface area contributed by atoms with Crippen molar-refractivity contribution in [1.82, 2.24) is 10.2 Å². The van der Waals surface area contributed by atoms with Gasteiger partial charge in [-0.2, -0.15) is 13.2 Å². The van der Waals surface area contributed by atoms with Crippen molar-refractivity contribution in [1.29, 1.82) is 0 Å². The van der Waals surface area contributed by atoms with E-state index in [4.69, 9.17) is 14.6 Å². The van der Waals surface area contributed by atoms with Gasteiger partial charge in [0, 0.05) is 25.7 Å². The number of carboxylic acid groups (broad SMARTS) is 1. The number of carbonyl (C=O) groups excluding carboxylic acids is 1. The van der Waals surface area contributed by atoms with Gasteiger partial charge < -0.3 is 20.1 Å². The molecular formula is C15H17F3N2O4. The number of aliphatic carboxylic acids is 1. The van der Waals surface area contributed by atoms with Crippen molar-refractivity contribution in [2.24, 2.45) is 0 Å². The number of methoxy groups -OCH3 is 1. The van der Waals surface area contributed by atoms with Crippen LogP contribution in [0, 0.1) is 0 Å². The minimum Gasteiger partial charge on any atom is -0.496 e. The number of nitrogens with one attached hydrogen (secondary N) is 1. The van der Waals surface area contributed by atoms with E-state index >= 15 is 0 Å². The minimum atomic E-state index is -5.08. The Bertz CT molecular complexity index is 634. The highest BCUT2D eigenvalue weighted by Gasteiger charge is 2.38. The molecule has 1 saturated heterocycles. The Morgan fingerprint density at radius 2 is 2.08 bits per heavy atom. The van der Waals surface area contributed by atoms with Crippen LogP contribution in [-0.2, 0) is 11.2 Å². The van der Waals surface area contributed by atoms with Crippen LogP contribution >= 0.6 is 0 Å². The van der Waals surface area contributed by atoms with Crippen molar-refractivity contribution < 1.29 is 32.6 Å². The summed E-state index contributed by atoms with van der Waals surface area (Å²) in [4.78, 5) is 23.3. The lowest BCUT2D eigenvalue weighted by atomic mass is 9.91. The van der Waals surface area contributed by atoms with Crippen molar-refractivity contribution in [3.05, 3.63) is 29.3 Å². The first-order valence-corrected chi connectivity index (χ1v) is 7.23. The summed E-state index contributed by atoms with van der Waals surface area (Å²) in [6, 6.07) is 6.15. The second kappa shape index (κ2) is 7.08. The van der Waals surface area contributed by atoms with Crippen molar-refractivity contribution in [3.8, 4) is 5.75 Å². The lowest BCUT2D eigenvalue weighted by Crippen LogP contribution is -2.56. The van der Waals surface area contributed by atoms with E-state index in [0.29, 0.717) is 11.8 Å². The zero-order chi connectivity index (χ0) is 17.9. The maximum absolute atomic E-state index is 12.4. The van der Waals surface area contributed by atoms with Crippen LogP contribution in [0.15, 0.2) is 18.2 Å². The number of ether oxygens (including phenoxy) is 1. The first-order valence-electron chi connectivity index (χ1n) is 7.23. The number of hydrogen-bond acceptors (Lipinski definition) is 4. The molecule has 132 valence electrons. The topological polar surface area (TPSA) is 78.9 Å². The first-order chi connectivity index (χ1) is 11.3. The number of benzene rings is 1. The fraction of sp³-hybridized carbons (Fsp3) is 0.467. The van der Waals surface area contributed by atoms with Crippen LogP contribution in [0.25, 0.3) is 0 Å². The Morgan fingerprint density at radius 1 is 1.42 bits per heavy atom. The summed E-state index contributed by atoms with van der Waals surface area (Å²) in [6.45, 7) is 2.57. The fourth-order valence-electron chi connectivity index (χ4n) is 2.77. The smallest absolute Gasteiger partial charge is 0.490 e. The maximum Gasteiger partial charge on any atom is 0.490 e. The van der Waals surface area contributed by atoms with E-state index in [-0.39, 0.29) is 5.91 Å².